The molecule has 2 aliphatic rings. The maximum Gasteiger partial charge on any atom is 0.307 e. The van der Waals surface area contributed by atoms with Gasteiger partial charge in [0, 0.05) is 20.0 Å². The number of amides is 1. The number of likely N-dealkylation sites (tertiary alicyclic amines) is 1. The molecule has 4 heteroatoms. The molecule has 0 aromatic rings. The summed E-state index contributed by atoms with van der Waals surface area (Å²) in [7, 11) is 0. The number of piperidine rings is 1. The van der Waals surface area contributed by atoms with Crippen molar-refractivity contribution in [1.82, 2.24) is 4.90 Å². The first kappa shape index (κ1) is 7.58. The second kappa shape index (κ2) is 2.21. The quantitative estimate of drug-likeness (QED) is 0.591. The van der Waals surface area contributed by atoms with Gasteiger partial charge in [-0.1, -0.05) is 0 Å². The molecule has 0 bridgehead atoms. The maximum atomic E-state index is 10.9. The second-order valence-corrected chi connectivity index (χ2v) is 3.62. The summed E-state index contributed by atoms with van der Waals surface area (Å²) in [6.07, 6.45) is 0. The number of hydrogen-bond donors (Lipinski definition) is 1. The molecule has 1 aliphatic carbocycles. The van der Waals surface area contributed by atoms with Crippen molar-refractivity contribution in [3.63, 3.8) is 0 Å². The molecule has 0 aromatic carbocycles. The van der Waals surface area contributed by atoms with Gasteiger partial charge in [0.1, 0.15) is 0 Å². The van der Waals surface area contributed by atoms with Gasteiger partial charge in [0.2, 0.25) is 5.91 Å². The summed E-state index contributed by atoms with van der Waals surface area (Å²) >= 11 is 0. The lowest BCUT2D eigenvalue weighted by Gasteiger charge is -2.16. The van der Waals surface area contributed by atoms with Crippen LogP contribution in [0, 0.1) is 17.8 Å². The molecule has 4 nitrogen and oxygen atoms in total. The van der Waals surface area contributed by atoms with Crippen LogP contribution < -0.4 is 0 Å². The zero-order valence-corrected chi connectivity index (χ0v) is 6.86. The summed E-state index contributed by atoms with van der Waals surface area (Å²) in [5, 5.41) is 8.68. The molecule has 2 unspecified atom stereocenters. The summed E-state index contributed by atoms with van der Waals surface area (Å²) in [5.74, 6) is -0.321. The molecule has 1 amide bonds. The molecule has 66 valence electrons. The molecule has 1 N–H and O–H groups in total. The molecule has 1 saturated heterocycles. The van der Waals surface area contributed by atoms with E-state index in [1.807, 2.05) is 0 Å². The Morgan fingerprint density at radius 2 is 1.83 bits per heavy atom. The topological polar surface area (TPSA) is 57.6 Å². The van der Waals surface area contributed by atoms with E-state index < -0.39 is 5.97 Å². The number of carbonyl (C=O) groups is 2. The average Bonchev–Trinajstić information content (AvgIpc) is 2.48. The lowest BCUT2D eigenvalue weighted by molar-refractivity contribution is -0.140. The third kappa shape index (κ3) is 0.906. The highest BCUT2D eigenvalue weighted by atomic mass is 16.4. The van der Waals surface area contributed by atoms with Crippen LogP contribution in [0.1, 0.15) is 6.92 Å². The fraction of sp³-hybridized carbons (Fsp3) is 0.750. The molecular weight excluding hydrogens is 158 g/mol. The van der Waals surface area contributed by atoms with Gasteiger partial charge >= 0.3 is 5.97 Å². The van der Waals surface area contributed by atoms with Gasteiger partial charge in [-0.25, -0.2) is 0 Å². The van der Waals surface area contributed by atoms with Crippen molar-refractivity contribution >= 4 is 11.9 Å². The molecule has 1 aliphatic heterocycles. The van der Waals surface area contributed by atoms with Gasteiger partial charge in [-0.15, -0.1) is 0 Å². The van der Waals surface area contributed by atoms with Crippen LogP contribution >= 0.6 is 0 Å². The molecule has 0 spiro atoms. The standard InChI is InChI=1S/C8H11NO3/c1-4(10)9-2-5-6(3-9)7(5)8(11)12/h5-7H,2-3H2,1H3,(H,11,12). The van der Waals surface area contributed by atoms with Gasteiger partial charge in [0.15, 0.2) is 0 Å². The maximum absolute atomic E-state index is 10.9. The first-order valence-corrected chi connectivity index (χ1v) is 4.09. The van der Waals surface area contributed by atoms with Crippen LogP contribution in [0.4, 0.5) is 0 Å². The molecular formula is C8H11NO3. The van der Waals surface area contributed by atoms with Crippen LogP contribution in [0.25, 0.3) is 0 Å². The lowest BCUT2D eigenvalue weighted by atomic mass is 10.2. The summed E-state index contributed by atoms with van der Waals surface area (Å²) in [6, 6.07) is 0. The number of aliphatic carboxylic acids is 1. The minimum absolute atomic E-state index is 0.0614. The predicted octanol–water partition coefficient (Wildman–Crippen LogP) is -0.205. The monoisotopic (exact) mass is 169 g/mol. The fourth-order valence-electron chi connectivity index (χ4n) is 2.15. The van der Waals surface area contributed by atoms with Crippen molar-refractivity contribution in [3.05, 3.63) is 0 Å². The van der Waals surface area contributed by atoms with Crippen molar-refractivity contribution in [1.29, 1.82) is 0 Å². The van der Waals surface area contributed by atoms with Crippen molar-refractivity contribution < 1.29 is 14.7 Å². The Hall–Kier alpha value is -1.06. The number of carboxylic acid groups (broad SMARTS) is 1. The van der Waals surface area contributed by atoms with Crippen LogP contribution in [0.5, 0.6) is 0 Å². The van der Waals surface area contributed by atoms with E-state index in [0.717, 1.165) is 0 Å². The Morgan fingerprint density at radius 3 is 2.17 bits per heavy atom. The lowest BCUT2D eigenvalue weighted by Crippen LogP contribution is -2.30. The van der Waals surface area contributed by atoms with E-state index in [0.29, 0.717) is 13.1 Å². The van der Waals surface area contributed by atoms with Gasteiger partial charge in [0.25, 0.3) is 0 Å². The number of fused-ring (bicyclic) bond motifs is 1. The van der Waals surface area contributed by atoms with Crippen molar-refractivity contribution in [2.45, 2.75) is 6.92 Å². The third-order valence-electron chi connectivity index (χ3n) is 2.92. The number of carboxylic acids is 1. The van der Waals surface area contributed by atoms with Crippen LogP contribution in [-0.2, 0) is 9.59 Å². The van der Waals surface area contributed by atoms with Gasteiger partial charge < -0.3 is 10.0 Å². The Morgan fingerprint density at radius 1 is 1.33 bits per heavy atom. The van der Waals surface area contributed by atoms with Crippen LogP contribution in [0.2, 0.25) is 0 Å². The fourth-order valence-corrected chi connectivity index (χ4v) is 2.15. The smallest absolute Gasteiger partial charge is 0.307 e. The van der Waals surface area contributed by atoms with Crippen molar-refractivity contribution in [2.75, 3.05) is 13.1 Å². The van der Waals surface area contributed by atoms with Gasteiger partial charge in [0.05, 0.1) is 5.92 Å². The highest BCUT2D eigenvalue weighted by molar-refractivity contribution is 5.78. The van der Waals surface area contributed by atoms with Crippen LogP contribution in [0.3, 0.4) is 0 Å². The Kier molecular flexibility index (Phi) is 1.40. The van der Waals surface area contributed by atoms with Gasteiger partial charge in [-0.2, -0.15) is 0 Å². The molecule has 1 heterocycles. The van der Waals surface area contributed by atoms with Gasteiger partial charge in [-0.3, -0.25) is 9.59 Å². The SMILES string of the molecule is CC(=O)N1CC2C(C1)C2C(=O)O. The van der Waals surface area contributed by atoms with E-state index in [4.69, 9.17) is 5.11 Å². The first-order chi connectivity index (χ1) is 5.61. The summed E-state index contributed by atoms with van der Waals surface area (Å²) in [6.45, 7) is 2.83. The normalized spacial score (nSPS) is 37.8. The van der Waals surface area contributed by atoms with E-state index in [1.165, 1.54) is 6.92 Å². The van der Waals surface area contributed by atoms with E-state index >= 15 is 0 Å². The molecule has 0 radical (unpaired) electrons. The van der Waals surface area contributed by atoms with Crippen molar-refractivity contribution in [3.8, 4) is 0 Å². The van der Waals surface area contributed by atoms with E-state index in [2.05, 4.69) is 0 Å². The number of hydrogen-bond acceptors (Lipinski definition) is 2. The van der Waals surface area contributed by atoms with Crippen LogP contribution in [-0.4, -0.2) is 35.0 Å². The highest BCUT2D eigenvalue weighted by Crippen LogP contribution is 2.51. The summed E-state index contributed by atoms with van der Waals surface area (Å²) in [5.41, 5.74) is 0. The van der Waals surface area contributed by atoms with E-state index in [-0.39, 0.29) is 23.7 Å². The van der Waals surface area contributed by atoms with Crippen LogP contribution in [0.15, 0.2) is 0 Å². The highest BCUT2D eigenvalue weighted by Gasteiger charge is 2.60. The first-order valence-electron chi connectivity index (χ1n) is 4.09. The number of carbonyl (C=O) groups excluding carboxylic acids is 1. The zero-order valence-electron chi connectivity index (χ0n) is 6.86. The molecule has 2 rings (SSSR count). The second-order valence-electron chi connectivity index (χ2n) is 3.62. The molecule has 12 heavy (non-hydrogen) atoms. The minimum atomic E-state index is -0.701. The van der Waals surface area contributed by atoms with E-state index in [1.54, 1.807) is 4.90 Å². The predicted molar refractivity (Wildman–Crippen MR) is 40.4 cm³/mol. The summed E-state index contributed by atoms with van der Waals surface area (Å²) < 4.78 is 0. The molecule has 0 aromatic heterocycles. The van der Waals surface area contributed by atoms with Gasteiger partial charge in [-0.05, 0) is 11.8 Å². The average molecular weight is 169 g/mol. The Labute approximate surface area is 70.2 Å². The summed E-state index contributed by atoms with van der Waals surface area (Å²) in [4.78, 5) is 23.1. The Balaban J connectivity index is 1.94. The molecule has 2 fully saturated rings. The molecule has 2 atom stereocenters. The number of nitrogens with zero attached hydrogens (tertiary/aromatic N) is 1. The number of rotatable bonds is 1. The third-order valence-corrected chi connectivity index (χ3v) is 2.92. The van der Waals surface area contributed by atoms with E-state index in [9.17, 15) is 9.59 Å². The van der Waals surface area contributed by atoms with Crippen molar-refractivity contribution in [2.24, 2.45) is 17.8 Å². The molecule has 1 saturated carbocycles. The Bertz CT molecular complexity index is 227. The largest absolute Gasteiger partial charge is 0.481 e. The minimum Gasteiger partial charge on any atom is -0.481 e. The zero-order chi connectivity index (χ0) is 8.88.